The summed E-state index contributed by atoms with van der Waals surface area (Å²) >= 11 is 1.77. The van der Waals surface area contributed by atoms with Crippen molar-refractivity contribution in [1.29, 1.82) is 0 Å². The van der Waals surface area contributed by atoms with Crippen molar-refractivity contribution in [3.8, 4) is 5.75 Å². The van der Waals surface area contributed by atoms with E-state index in [0.717, 1.165) is 50.9 Å². The first-order valence-electron chi connectivity index (χ1n) is 10.6. The number of nitrogens with zero attached hydrogens (tertiary/aromatic N) is 2. The fourth-order valence-electron chi connectivity index (χ4n) is 3.52. The fraction of sp³-hybridized carbons (Fsp3) is 0.522. The van der Waals surface area contributed by atoms with E-state index >= 15 is 0 Å². The number of benzene rings is 1. The van der Waals surface area contributed by atoms with Crippen LogP contribution in [0.25, 0.3) is 0 Å². The highest BCUT2D eigenvalue weighted by Gasteiger charge is 2.17. The molecule has 0 aliphatic carbocycles. The largest absolute Gasteiger partial charge is 0.492 e. The first-order valence-corrected chi connectivity index (χ1v) is 11.5. The monoisotopic (exact) mass is 430 g/mol. The van der Waals surface area contributed by atoms with Crippen LogP contribution in [0.1, 0.15) is 28.8 Å². The Labute approximate surface area is 184 Å². The molecule has 0 amide bonds. The number of hydrogen-bond acceptors (Lipinski definition) is 5. The molecule has 0 bridgehead atoms. The van der Waals surface area contributed by atoms with Crippen LogP contribution in [0.3, 0.4) is 0 Å². The van der Waals surface area contributed by atoms with Gasteiger partial charge in [-0.1, -0.05) is 12.1 Å². The Morgan fingerprint density at radius 1 is 1.23 bits per heavy atom. The number of aliphatic imine (C=N–C) groups is 1. The second-order valence-corrected chi connectivity index (χ2v) is 8.63. The van der Waals surface area contributed by atoms with Gasteiger partial charge in [0.2, 0.25) is 0 Å². The summed E-state index contributed by atoms with van der Waals surface area (Å²) in [5, 5.41) is 8.88. The molecule has 0 unspecified atom stereocenters. The van der Waals surface area contributed by atoms with Crippen molar-refractivity contribution >= 4 is 17.3 Å². The maximum absolute atomic E-state index is 6.01. The average Bonchev–Trinajstić information content (AvgIpc) is 3.19. The third kappa shape index (κ3) is 7.00. The van der Waals surface area contributed by atoms with Crippen molar-refractivity contribution in [3.63, 3.8) is 0 Å². The van der Waals surface area contributed by atoms with Crippen LogP contribution in [-0.4, -0.2) is 57.4 Å². The van der Waals surface area contributed by atoms with Gasteiger partial charge in [0.15, 0.2) is 5.96 Å². The quantitative estimate of drug-likeness (QED) is 0.472. The van der Waals surface area contributed by atoms with Crippen molar-refractivity contribution < 1.29 is 9.47 Å². The molecule has 1 aliphatic heterocycles. The summed E-state index contributed by atoms with van der Waals surface area (Å²) in [6.07, 6.45) is 2.22. The third-order valence-electron chi connectivity index (χ3n) is 5.49. The molecule has 1 aliphatic rings. The van der Waals surface area contributed by atoms with Gasteiger partial charge in [-0.25, -0.2) is 0 Å². The molecule has 2 aromatic rings. The SMILES string of the molecule is CN=C(NCc1cccc(OCCN(C)C2CCOCC2)c1)NCc1sccc1C. The summed E-state index contributed by atoms with van der Waals surface area (Å²) in [5.41, 5.74) is 2.48. The van der Waals surface area contributed by atoms with Gasteiger partial charge < -0.3 is 20.1 Å². The van der Waals surface area contributed by atoms with E-state index in [1.807, 2.05) is 12.1 Å². The van der Waals surface area contributed by atoms with Crippen molar-refractivity contribution in [3.05, 3.63) is 51.7 Å². The fourth-order valence-corrected chi connectivity index (χ4v) is 4.36. The molecule has 1 fully saturated rings. The van der Waals surface area contributed by atoms with E-state index in [9.17, 15) is 0 Å². The standard InChI is InChI=1S/C23H34N4O2S/c1-18-9-14-30-22(18)17-26-23(24-2)25-16-19-5-4-6-21(15-19)29-13-10-27(3)20-7-11-28-12-8-20/h4-6,9,14-15,20H,7-8,10-13,16-17H2,1-3H3,(H2,24,25,26). The Kier molecular flexibility index (Phi) is 8.99. The minimum Gasteiger partial charge on any atom is -0.492 e. The predicted molar refractivity (Wildman–Crippen MR) is 125 cm³/mol. The number of thiophene rings is 1. The molecule has 6 nitrogen and oxygen atoms in total. The van der Waals surface area contributed by atoms with Crippen molar-refractivity contribution in [1.82, 2.24) is 15.5 Å². The smallest absolute Gasteiger partial charge is 0.191 e. The minimum absolute atomic E-state index is 0.607. The van der Waals surface area contributed by atoms with Gasteiger partial charge in [0.05, 0.1) is 6.54 Å². The molecule has 2 N–H and O–H groups in total. The lowest BCUT2D eigenvalue weighted by molar-refractivity contribution is 0.0392. The van der Waals surface area contributed by atoms with Gasteiger partial charge in [-0.05, 0) is 61.5 Å². The third-order valence-corrected chi connectivity index (χ3v) is 6.52. The van der Waals surface area contributed by atoms with E-state index in [1.165, 1.54) is 16.0 Å². The summed E-state index contributed by atoms with van der Waals surface area (Å²) in [7, 11) is 3.97. The van der Waals surface area contributed by atoms with Crippen molar-refractivity contribution in [2.45, 2.75) is 38.9 Å². The number of ether oxygens (including phenoxy) is 2. The maximum atomic E-state index is 6.01. The molecule has 7 heteroatoms. The number of hydrogen-bond donors (Lipinski definition) is 2. The van der Waals surface area contributed by atoms with Gasteiger partial charge in [0.1, 0.15) is 12.4 Å². The second-order valence-electron chi connectivity index (χ2n) is 7.63. The molecule has 30 heavy (non-hydrogen) atoms. The lowest BCUT2D eigenvalue weighted by atomic mass is 10.1. The van der Waals surface area contributed by atoms with Gasteiger partial charge in [-0.3, -0.25) is 9.89 Å². The lowest BCUT2D eigenvalue weighted by Gasteiger charge is -2.31. The van der Waals surface area contributed by atoms with E-state index < -0.39 is 0 Å². The van der Waals surface area contributed by atoms with Crippen LogP contribution in [0.2, 0.25) is 0 Å². The zero-order valence-corrected chi connectivity index (χ0v) is 19.1. The summed E-state index contributed by atoms with van der Waals surface area (Å²) < 4.78 is 11.5. The molecule has 2 heterocycles. The van der Waals surface area contributed by atoms with Crippen molar-refractivity contribution in [2.75, 3.05) is 40.5 Å². The molecule has 164 valence electrons. The van der Waals surface area contributed by atoms with Crippen LogP contribution in [0.5, 0.6) is 5.75 Å². The zero-order chi connectivity index (χ0) is 21.2. The van der Waals surface area contributed by atoms with Gasteiger partial charge in [-0.15, -0.1) is 11.3 Å². The van der Waals surface area contributed by atoms with Crippen LogP contribution < -0.4 is 15.4 Å². The van der Waals surface area contributed by atoms with Gasteiger partial charge >= 0.3 is 0 Å². The minimum atomic E-state index is 0.607. The molecule has 0 radical (unpaired) electrons. The Bertz CT molecular complexity index is 802. The highest BCUT2D eigenvalue weighted by molar-refractivity contribution is 7.10. The summed E-state index contributed by atoms with van der Waals surface area (Å²) in [6, 6.07) is 11.0. The van der Waals surface area contributed by atoms with E-state index in [0.29, 0.717) is 19.2 Å². The maximum Gasteiger partial charge on any atom is 0.191 e. The van der Waals surface area contributed by atoms with Gasteiger partial charge in [0, 0.05) is 44.3 Å². The molecule has 3 rings (SSSR count). The zero-order valence-electron chi connectivity index (χ0n) is 18.3. The number of guanidine groups is 1. The Hall–Kier alpha value is -2.09. The number of likely N-dealkylation sites (N-methyl/N-ethyl adjacent to an activating group) is 1. The van der Waals surface area contributed by atoms with Gasteiger partial charge in [0.25, 0.3) is 0 Å². The molecule has 0 saturated carbocycles. The number of nitrogens with one attached hydrogen (secondary N) is 2. The highest BCUT2D eigenvalue weighted by atomic mass is 32.1. The molecule has 1 aromatic heterocycles. The molecular formula is C23H34N4O2S. The summed E-state index contributed by atoms with van der Waals surface area (Å²) in [5.74, 6) is 1.71. The van der Waals surface area contributed by atoms with Crippen LogP contribution >= 0.6 is 11.3 Å². The highest BCUT2D eigenvalue weighted by Crippen LogP contribution is 2.16. The average molecular weight is 431 g/mol. The summed E-state index contributed by atoms with van der Waals surface area (Å²) in [6.45, 7) is 6.97. The molecule has 0 atom stereocenters. The van der Waals surface area contributed by atoms with E-state index in [4.69, 9.17) is 9.47 Å². The Morgan fingerprint density at radius 3 is 2.77 bits per heavy atom. The normalized spacial score (nSPS) is 15.4. The molecule has 0 spiro atoms. The van der Waals surface area contributed by atoms with Crippen LogP contribution in [-0.2, 0) is 17.8 Å². The van der Waals surface area contributed by atoms with Crippen molar-refractivity contribution in [2.24, 2.45) is 4.99 Å². The van der Waals surface area contributed by atoms with E-state index in [-0.39, 0.29) is 0 Å². The second kappa shape index (κ2) is 11.9. The van der Waals surface area contributed by atoms with Crippen LogP contribution in [0, 0.1) is 6.92 Å². The van der Waals surface area contributed by atoms with E-state index in [2.05, 4.69) is 58.1 Å². The Morgan fingerprint density at radius 2 is 2.03 bits per heavy atom. The lowest BCUT2D eigenvalue weighted by Crippen LogP contribution is -2.38. The van der Waals surface area contributed by atoms with Crippen LogP contribution in [0.15, 0.2) is 40.7 Å². The van der Waals surface area contributed by atoms with Gasteiger partial charge in [-0.2, -0.15) is 0 Å². The predicted octanol–water partition coefficient (Wildman–Crippen LogP) is 3.41. The van der Waals surface area contributed by atoms with Crippen LogP contribution in [0.4, 0.5) is 0 Å². The topological polar surface area (TPSA) is 58.1 Å². The number of rotatable bonds is 9. The number of aryl methyl sites for hydroxylation is 1. The van der Waals surface area contributed by atoms with E-state index in [1.54, 1.807) is 18.4 Å². The summed E-state index contributed by atoms with van der Waals surface area (Å²) in [4.78, 5) is 8.04. The first kappa shape index (κ1) is 22.6. The first-order chi connectivity index (χ1) is 14.7. The molecule has 1 aromatic carbocycles. The molecule has 1 saturated heterocycles. The Balaban J connectivity index is 1.41. The molecular weight excluding hydrogens is 396 g/mol.